The summed E-state index contributed by atoms with van der Waals surface area (Å²) in [6, 6.07) is 11.6. The van der Waals surface area contributed by atoms with Crippen LogP contribution in [-0.2, 0) is 17.9 Å². The van der Waals surface area contributed by atoms with Crippen LogP contribution in [0.1, 0.15) is 28.6 Å². The molecule has 1 saturated heterocycles. The number of aliphatic imine (C=N–C) groups is 1. The van der Waals surface area contributed by atoms with Gasteiger partial charge in [0.2, 0.25) is 0 Å². The predicted octanol–water partition coefficient (Wildman–Crippen LogP) is 2.35. The molecule has 3 rings (SSSR count). The lowest BCUT2D eigenvalue weighted by atomic mass is 10.1. The topological polar surface area (TPSA) is 70.3 Å². The highest BCUT2D eigenvalue weighted by molar-refractivity contribution is 5.91. The number of ether oxygens (including phenoxy) is 1. The molecule has 0 atom stereocenters. The fourth-order valence-electron chi connectivity index (χ4n) is 3.27. The fraction of sp³-hybridized carbons (Fsp3) is 0.429. The van der Waals surface area contributed by atoms with Crippen LogP contribution in [0.15, 0.2) is 52.1 Å². The molecular weight excluding hydrogens is 356 g/mol. The Kier molecular flexibility index (Phi) is 7.08. The van der Waals surface area contributed by atoms with E-state index in [1.165, 1.54) is 6.26 Å². The van der Waals surface area contributed by atoms with Gasteiger partial charge in [0.05, 0.1) is 19.4 Å². The fourth-order valence-corrected chi connectivity index (χ4v) is 3.27. The summed E-state index contributed by atoms with van der Waals surface area (Å²) in [5.41, 5.74) is 2.31. The smallest absolute Gasteiger partial charge is 0.289 e. The third-order valence-corrected chi connectivity index (χ3v) is 4.75. The van der Waals surface area contributed by atoms with Crippen molar-refractivity contribution in [3.8, 4) is 0 Å². The lowest BCUT2D eigenvalue weighted by molar-refractivity contribution is 0.0657. The summed E-state index contributed by atoms with van der Waals surface area (Å²) in [7, 11) is 1.70. The highest BCUT2D eigenvalue weighted by Gasteiger charge is 2.25. The molecule has 28 heavy (non-hydrogen) atoms. The van der Waals surface area contributed by atoms with Crippen molar-refractivity contribution in [2.24, 2.45) is 4.99 Å². The van der Waals surface area contributed by atoms with E-state index in [9.17, 15) is 4.79 Å². The van der Waals surface area contributed by atoms with Gasteiger partial charge in [-0.05, 0) is 30.2 Å². The van der Waals surface area contributed by atoms with Crippen LogP contribution < -0.4 is 5.32 Å². The van der Waals surface area contributed by atoms with Gasteiger partial charge in [-0.15, -0.1) is 0 Å². The molecule has 7 heteroatoms. The monoisotopic (exact) mass is 384 g/mol. The second kappa shape index (κ2) is 9.94. The molecule has 0 aliphatic carbocycles. The van der Waals surface area contributed by atoms with Crippen molar-refractivity contribution in [3.63, 3.8) is 0 Å². The lowest BCUT2D eigenvalue weighted by Crippen LogP contribution is -2.53. The number of amides is 1. The van der Waals surface area contributed by atoms with Crippen LogP contribution in [0.4, 0.5) is 0 Å². The van der Waals surface area contributed by atoms with Crippen molar-refractivity contribution in [2.75, 3.05) is 39.8 Å². The molecule has 0 radical (unpaired) electrons. The van der Waals surface area contributed by atoms with Crippen LogP contribution >= 0.6 is 0 Å². The van der Waals surface area contributed by atoms with Crippen LogP contribution in [0, 0.1) is 0 Å². The Hall–Kier alpha value is -2.80. The van der Waals surface area contributed by atoms with Crippen molar-refractivity contribution < 1.29 is 13.9 Å². The quantitative estimate of drug-likeness (QED) is 0.612. The third kappa shape index (κ3) is 4.92. The zero-order valence-corrected chi connectivity index (χ0v) is 16.6. The van der Waals surface area contributed by atoms with Gasteiger partial charge in [-0.25, -0.2) is 4.99 Å². The molecule has 1 N–H and O–H groups in total. The Balaban J connectivity index is 1.63. The zero-order chi connectivity index (χ0) is 19.8. The van der Waals surface area contributed by atoms with Gasteiger partial charge in [-0.2, -0.15) is 0 Å². The minimum atomic E-state index is -0.0555. The number of carbonyl (C=O) groups is 1. The second-order valence-corrected chi connectivity index (χ2v) is 6.63. The Labute approximate surface area is 166 Å². The Morgan fingerprint density at radius 1 is 1.11 bits per heavy atom. The first-order chi connectivity index (χ1) is 13.7. The number of guanidine groups is 1. The van der Waals surface area contributed by atoms with E-state index in [1.807, 2.05) is 17.0 Å². The number of benzene rings is 1. The van der Waals surface area contributed by atoms with Gasteiger partial charge in [-0.1, -0.05) is 24.3 Å². The molecule has 1 fully saturated rings. The summed E-state index contributed by atoms with van der Waals surface area (Å²) in [5, 5.41) is 3.37. The largest absolute Gasteiger partial charge is 0.459 e. The molecule has 0 bridgehead atoms. The van der Waals surface area contributed by atoms with Crippen molar-refractivity contribution in [3.05, 3.63) is 59.5 Å². The molecular formula is C21H28N4O3. The molecule has 1 aromatic carbocycles. The number of carbonyl (C=O) groups excluding carboxylic acids is 1. The maximum atomic E-state index is 12.4. The minimum absolute atomic E-state index is 0.0555. The van der Waals surface area contributed by atoms with Gasteiger partial charge in [0.1, 0.15) is 0 Å². The molecule has 0 spiro atoms. The standard InChI is InChI=1S/C21H28N4O3/c1-3-22-21(23-15-17-7-4-5-8-18(17)16-27-2)25-12-10-24(11-13-25)20(26)19-9-6-14-28-19/h4-9,14H,3,10-13,15-16H2,1-2H3,(H,22,23). The molecule has 1 aliphatic rings. The Morgan fingerprint density at radius 2 is 1.82 bits per heavy atom. The van der Waals surface area contributed by atoms with E-state index in [2.05, 4.69) is 29.3 Å². The molecule has 1 aromatic heterocycles. The summed E-state index contributed by atoms with van der Waals surface area (Å²) in [6.07, 6.45) is 1.53. The van der Waals surface area contributed by atoms with Crippen LogP contribution in [0.2, 0.25) is 0 Å². The van der Waals surface area contributed by atoms with E-state index in [4.69, 9.17) is 14.1 Å². The van der Waals surface area contributed by atoms with Gasteiger partial charge in [-0.3, -0.25) is 4.79 Å². The van der Waals surface area contributed by atoms with Crippen molar-refractivity contribution in [1.82, 2.24) is 15.1 Å². The van der Waals surface area contributed by atoms with Crippen molar-refractivity contribution >= 4 is 11.9 Å². The SMILES string of the molecule is CCNC(=NCc1ccccc1COC)N1CCN(C(=O)c2ccco2)CC1. The number of piperazine rings is 1. The van der Waals surface area contributed by atoms with Crippen LogP contribution in [0.3, 0.4) is 0 Å². The summed E-state index contributed by atoms with van der Waals surface area (Å²) < 4.78 is 10.5. The predicted molar refractivity (Wildman–Crippen MR) is 108 cm³/mol. The molecule has 0 unspecified atom stereocenters. The van der Waals surface area contributed by atoms with Gasteiger partial charge in [0, 0.05) is 39.8 Å². The minimum Gasteiger partial charge on any atom is -0.459 e. The number of furan rings is 1. The maximum absolute atomic E-state index is 12.4. The number of methoxy groups -OCH3 is 1. The van der Waals surface area contributed by atoms with Crippen LogP contribution in [0.5, 0.6) is 0 Å². The first-order valence-corrected chi connectivity index (χ1v) is 9.64. The van der Waals surface area contributed by atoms with Crippen LogP contribution in [0.25, 0.3) is 0 Å². The maximum Gasteiger partial charge on any atom is 0.289 e. The lowest BCUT2D eigenvalue weighted by Gasteiger charge is -2.36. The van der Waals surface area contributed by atoms with Gasteiger partial charge < -0.3 is 24.3 Å². The summed E-state index contributed by atoms with van der Waals surface area (Å²) in [6.45, 7) is 6.78. The number of hydrogen-bond acceptors (Lipinski definition) is 4. The number of hydrogen-bond donors (Lipinski definition) is 1. The molecule has 7 nitrogen and oxygen atoms in total. The summed E-state index contributed by atoms with van der Waals surface area (Å²) in [5.74, 6) is 1.21. The number of rotatable bonds is 6. The third-order valence-electron chi connectivity index (χ3n) is 4.75. The van der Waals surface area contributed by atoms with E-state index < -0.39 is 0 Å². The Morgan fingerprint density at radius 3 is 2.46 bits per heavy atom. The molecule has 1 aliphatic heterocycles. The molecule has 1 amide bonds. The highest BCUT2D eigenvalue weighted by atomic mass is 16.5. The van der Waals surface area contributed by atoms with E-state index in [-0.39, 0.29) is 5.91 Å². The first kappa shape index (κ1) is 19.9. The van der Waals surface area contributed by atoms with Gasteiger partial charge in [0.25, 0.3) is 5.91 Å². The zero-order valence-electron chi connectivity index (χ0n) is 16.6. The Bertz CT molecular complexity index is 781. The van der Waals surface area contributed by atoms with E-state index >= 15 is 0 Å². The molecule has 2 aromatic rings. The van der Waals surface area contributed by atoms with Crippen molar-refractivity contribution in [1.29, 1.82) is 0 Å². The van der Waals surface area contributed by atoms with Gasteiger partial charge in [0.15, 0.2) is 11.7 Å². The number of nitrogens with zero attached hydrogens (tertiary/aromatic N) is 3. The van der Waals surface area contributed by atoms with Gasteiger partial charge >= 0.3 is 0 Å². The summed E-state index contributed by atoms with van der Waals surface area (Å²) in [4.78, 5) is 21.3. The average Bonchev–Trinajstić information content (AvgIpc) is 3.27. The number of nitrogens with one attached hydrogen (secondary N) is 1. The van der Waals surface area contributed by atoms with E-state index in [0.29, 0.717) is 32.0 Å². The molecule has 150 valence electrons. The average molecular weight is 384 g/mol. The second-order valence-electron chi connectivity index (χ2n) is 6.63. The summed E-state index contributed by atoms with van der Waals surface area (Å²) >= 11 is 0. The molecule has 0 saturated carbocycles. The van der Waals surface area contributed by atoms with E-state index in [1.54, 1.807) is 19.2 Å². The van der Waals surface area contributed by atoms with Crippen molar-refractivity contribution in [2.45, 2.75) is 20.1 Å². The first-order valence-electron chi connectivity index (χ1n) is 9.64. The van der Waals surface area contributed by atoms with E-state index in [0.717, 1.165) is 36.7 Å². The normalized spacial score (nSPS) is 15.0. The molecule has 2 heterocycles. The highest BCUT2D eigenvalue weighted by Crippen LogP contribution is 2.13. The van der Waals surface area contributed by atoms with Crippen LogP contribution in [-0.4, -0.2) is 61.5 Å².